The van der Waals surface area contributed by atoms with E-state index >= 15 is 0 Å². The molecule has 4 rings (SSSR count). The molecule has 0 radical (unpaired) electrons. The molecule has 3 heterocycles. The number of benzene rings is 1. The van der Waals surface area contributed by atoms with Gasteiger partial charge in [0.25, 0.3) is 5.56 Å². The summed E-state index contributed by atoms with van der Waals surface area (Å²) in [6.45, 7) is 1.93. The Morgan fingerprint density at radius 3 is 2.69 bits per heavy atom. The molecular formula is C19H17N5O5. The number of ether oxygens (including phenoxy) is 3. The molecule has 1 aromatic carbocycles. The minimum Gasteiger partial charge on any atom is -0.497 e. The van der Waals surface area contributed by atoms with Crippen LogP contribution in [0.3, 0.4) is 0 Å². The molecule has 0 aliphatic rings. The van der Waals surface area contributed by atoms with Crippen molar-refractivity contribution >= 4 is 22.6 Å². The van der Waals surface area contributed by atoms with Gasteiger partial charge in [0.2, 0.25) is 0 Å². The zero-order chi connectivity index (χ0) is 20.5. The number of methoxy groups -OCH3 is 2. The van der Waals surface area contributed by atoms with Gasteiger partial charge in [-0.2, -0.15) is 5.10 Å². The van der Waals surface area contributed by atoms with Crippen molar-refractivity contribution in [3.05, 3.63) is 52.6 Å². The van der Waals surface area contributed by atoms with Crippen molar-refractivity contribution in [2.45, 2.75) is 6.92 Å². The highest BCUT2D eigenvalue weighted by atomic mass is 16.5. The van der Waals surface area contributed by atoms with Crippen LogP contribution in [-0.2, 0) is 4.74 Å². The lowest BCUT2D eigenvalue weighted by Gasteiger charge is -2.13. The zero-order valence-corrected chi connectivity index (χ0v) is 15.9. The van der Waals surface area contributed by atoms with Crippen LogP contribution in [0.1, 0.15) is 17.3 Å². The Bertz CT molecular complexity index is 1290. The second-order valence-electron chi connectivity index (χ2n) is 5.98. The number of carbonyl (C=O) groups excluding carboxylic acids is 1. The number of carbonyl (C=O) groups is 1. The van der Waals surface area contributed by atoms with Crippen LogP contribution in [0.2, 0.25) is 0 Å². The molecule has 0 saturated heterocycles. The van der Waals surface area contributed by atoms with Crippen LogP contribution in [0.25, 0.3) is 22.4 Å². The molecule has 0 N–H and O–H groups in total. The largest absolute Gasteiger partial charge is 0.497 e. The fraction of sp³-hybridized carbons (Fsp3) is 0.211. The lowest BCUT2D eigenvalue weighted by Crippen LogP contribution is -2.21. The van der Waals surface area contributed by atoms with E-state index in [4.69, 9.17) is 14.2 Å². The topological polar surface area (TPSA) is 110 Å². The third-order valence-electron chi connectivity index (χ3n) is 4.40. The van der Waals surface area contributed by atoms with Crippen molar-refractivity contribution in [3.8, 4) is 17.2 Å². The predicted octanol–water partition coefficient (Wildman–Crippen LogP) is 1.62. The van der Waals surface area contributed by atoms with Gasteiger partial charge in [-0.25, -0.2) is 9.31 Å². The van der Waals surface area contributed by atoms with Crippen molar-refractivity contribution in [1.29, 1.82) is 0 Å². The summed E-state index contributed by atoms with van der Waals surface area (Å²) < 4.78 is 18.4. The van der Waals surface area contributed by atoms with Crippen LogP contribution in [0.15, 0.2) is 41.5 Å². The van der Waals surface area contributed by atoms with Gasteiger partial charge in [0, 0.05) is 12.3 Å². The minimum absolute atomic E-state index is 0.0865. The van der Waals surface area contributed by atoms with Gasteiger partial charge in [-0.3, -0.25) is 9.36 Å². The predicted molar refractivity (Wildman–Crippen MR) is 103 cm³/mol. The highest BCUT2D eigenvalue weighted by Crippen LogP contribution is 2.27. The molecule has 0 saturated carbocycles. The van der Waals surface area contributed by atoms with Gasteiger partial charge in [0.15, 0.2) is 11.2 Å². The van der Waals surface area contributed by atoms with E-state index in [0.29, 0.717) is 22.7 Å². The van der Waals surface area contributed by atoms with Crippen molar-refractivity contribution in [2.24, 2.45) is 0 Å². The number of esters is 1. The van der Waals surface area contributed by atoms with E-state index in [1.165, 1.54) is 29.5 Å². The summed E-state index contributed by atoms with van der Waals surface area (Å²) in [5.74, 6) is 0.510. The number of aromatic nitrogens is 5. The van der Waals surface area contributed by atoms with Crippen LogP contribution in [-0.4, -0.2) is 51.2 Å². The Labute approximate surface area is 164 Å². The standard InChI is InChI=1S/C19H17N5O5/c1-4-29-19(26)12-10-20-24-13-7-8-23(18(25)16(13)21-22-17(12)24)14-9-11(27-2)5-6-15(14)28-3/h5-10H,4H2,1-3H3. The first-order valence-corrected chi connectivity index (χ1v) is 8.74. The number of nitrogens with zero attached hydrogens (tertiary/aromatic N) is 5. The molecule has 10 nitrogen and oxygen atoms in total. The second-order valence-corrected chi connectivity index (χ2v) is 5.98. The lowest BCUT2D eigenvalue weighted by atomic mass is 10.2. The Morgan fingerprint density at radius 2 is 1.97 bits per heavy atom. The summed E-state index contributed by atoms with van der Waals surface area (Å²) in [5.41, 5.74) is 0.967. The molecule has 29 heavy (non-hydrogen) atoms. The molecule has 0 aliphatic carbocycles. The van der Waals surface area contributed by atoms with Crippen LogP contribution in [0.5, 0.6) is 11.5 Å². The third kappa shape index (κ3) is 2.94. The molecule has 0 bridgehead atoms. The molecule has 0 amide bonds. The Balaban J connectivity index is 1.93. The van der Waals surface area contributed by atoms with Gasteiger partial charge in [0.1, 0.15) is 22.6 Å². The summed E-state index contributed by atoms with van der Waals surface area (Å²) in [6, 6.07) is 6.79. The van der Waals surface area contributed by atoms with E-state index in [1.54, 1.807) is 37.4 Å². The average Bonchev–Trinajstić information content (AvgIpc) is 3.18. The Kier molecular flexibility index (Phi) is 4.59. The van der Waals surface area contributed by atoms with Gasteiger partial charge in [-0.15, -0.1) is 10.2 Å². The van der Waals surface area contributed by atoms with Crippen LogP contribution in [0.4, 0.5) is 0 Å². The van der Waals surface area contributed by atoms with Gasteiger partial charge in [-0.05, 0) is 25.1 Å². The average molecular weight is 395 g/mol. The molecule has 3 aromatic heterocycles. The number of hydrogen-bond donors (Lipinski definition) is 0. The smallest absolute Gasteiger partial charge is 0.343 e. The van der Waals surface area contributed by atoms with E-state index in [-0.39, 0.29) is 23.3 Å². The normalized spacial score (nSPS) is 11.0. The maximum Gasteiger partial charge on any atom is 0.343 e. The summed E-state index contributed by atoms with van der Waals surface area (Å²) in [6.07, 6.45) is 2.92. The number of hydrogen-bond acceptors (Lipinski definition) is 8. The second kappa shape index (κ2) is 7.23. The molecule has 0 unspecified atom stereocenters. The Morgan fingerprint density at radius 1 is 1.14 bits per heavy atom. The van der Waals surface area contributed by atoms with E-state index in [9.17, 15) is 9.59 Å². The van der Waals surface area contributed by atoms with Crippen molar-refractivity contribution < 1.29 is 19.0 Å². The van der Waals surface area contributed by atoms with Crippen molar-refractivity contribution in [3.63, 3.8) is 0 Å². The molecule has 4 aromatic rings. The van der Waals surface area contributed by atoms with E-state index in [2.05, 4.69) is 15.3 Å². The van der Waals surface area contributed by atoms with Crippen LogP contribution in [0, 0.1) is 0 Å². The van der Waals surface area contributed by atoms with E-state index in [1.807, 2.05) is 0 Å². The van der Waals surface area contributed by atoms with Crippen LogP contribution >= 0.6 is 0 Å². The molecule has 0 spiro atoms. The molecule has 10 heteroatoms. The molecule has 148 valence electrons. The van der Waals surface area contributed by atoms with Gasteiger partial charge < -0.3 is 14.2 Å². The first-order chi connectivity index (χ1) is 14.1. The molecule has 0 atom stereocenters. The minimum atomic E-state index is -0.550. The third-order valence-corrected chi connectivity index (χ3v) is 4.40. The SMILES string of the molecule is CCOC(=O)c1cnn2c1nnc1c(=O)n(-c3cc(OC)ccc3OC)ccc12. The fourth-order valence-electron chi connectivity index (χ4n) is 3.02. The lowest BCUT2D eigenvalue weighted by molar-refractivity contribution is 0.0528. The number of pyridine rings is 1. The van der Waals surface area contributed by atoms with Gasteiger partial charge >= 0.3 is 5.97 Å². The quantitative estimate of drug-likeness (QED) is 0.469. The van der Waals surface area contributed by atoms with Crippen molar-refractivity contribution in [1.82, 2.24) is 24.4 Å². The van der Waals surface area contributed by atoms with Gasteiger partial charge in [-0.1, -0.05) is 0 Å². The number of fused-ring (bicyclic) bond motifs is 3. The first kappa shape index (κ1) is 18.4. The fourth-order valence-corrected chi connectivity index (χ4v) is 3.02. The summed E-state index contributed by atoms with van der Waals surface area (Å²) in [5, 5.41) is 12.2. The van der Waals surface area contributed by atoms with Gasteiger partial charge in [0.05, 0.1) is 32.7 Å². The maximum atomic E-state index is 13.1. The molecule has 0 aliphatic heterocycles. The van der Waals surface area contributed by atoms with Crippen molar-refractivity contribution in [2.75, 3.05) is 20.8 Å². The number of rotatable bonds is 5. The zero-order valence-electron chi connectivity index (χ0n) is 15.9. The summed E-state index contributed by atoms with van der Waals surface area (Å²) >= 11 is 0. The summed E-state index contributed by atoms with van der Waals surface area (Å²) in [7, 11) is 3.05. The molecule has 0 fully saturated rings. The van der Waals surface area contributed by atoms with E-state index < -0.39 is 11.5 Å². The highest BCUT2D eigenvalue weighted by molar-refractivity contribution is 5.96. The maximum absolute atomic E-state index is 13.1. The van der Waals surface area contributed by atoms with E-state index in [0.717, 1.165) is 0 Å². The monoisotopic (exact) mass is 395 g/mol. The summed E-state index contributed by atoms with van der Waals surface area (Å²) in [4.78, 5) is 25.2. The first-order valence-electron chi connectivity index (χ1n) is 8.74. The Hall–Kier alpha value is -3.95. The van der Waals surface area contributed by atoms with Crippen LogP contribution < -0.4 is 15.0 Å². The molecular weight excluding hydrogens is 378 g/mol. The highest BCUT2D eigenvalue weighted by Gasteiger charge is 2.19.